The topological polar surface area (TPSA) is 59.3 Å². The van der Waals surface area contributed by atoms with Gasteiger partial charge in [-0.3, -0.25) is 14.2 Å². The fourth-order valence-corrected chi connectivity index (χ4v) is 2.65. The Balaban J connectivity index is 1.85. The second-order valence-electron chi connectivity index (χ2n) is 4.30. The van der Waals surface area contributed by atoms with Gasteiger partial charge in [-0.25, -0.2) is 4.98 Å². The van der Waals surface area contributed by atoms with E-state index in [2.05, 4.69) is 15.3 Å². The minimum Gasteiger partial charge on any atom is -0.320 e. The average molecular weight is 272 g/mol. The van der Waals surface area contributed by atoms with Crippen molar-refractivity contribution in [2.45, 2.75) is 13.8 Å². The van der Waals surface area contributed by atoms with E-state index in [4.69, 9.17) is 0 Å². The van der Waals surface area contributed by atoms with Gasteiger partial charge in [0.2, 0.25) is 0 Å². The molecule has 0 unspecified atom stereocenters. The molecule has 1 amide bonds. The number of hydrogen-bond donors (Lipinski definition) is 1. The molecule has 3 rings (SSSR count). The summed E-state index contributed by atoms with van der Waals surface area (Å²) in [4.78, 5) is 22.5. The molecule has 19 heavy (non-hydrogen) atoms. The summed E-state index contributed by atoms with van der Waals surface area (Å²) in [6.45, 7) is 3.89. The first-order chi connectivity index (χ1) is 9.11. The number of imidazole rings is 1. The third-order valence-corrected chi connectivity index (χ3v) is 3.57. The van der Waals surface area contributed by atoms with Crippen molar-refractivity contribution in [3.63, 3.8) is 0 Å². The largest absolute Gasteiger partial charge is 0.320 e. The molecule has 0 saturated carbocycles. The van der Waals surface area contributed by atoms with Gasteiger partial charge in [0, 0.05) is 34.8 Å². The number of amides is 1. The van der Waals surface area contributed by atoms with E-state index >= 15 is 0 Å². The first kappa shape index (κ1) is 11.9. The first-order valence-electron chi connectivity index (χ1n) is 5.81. The van der Waals surface area contributed by atoms with E-state index < -0.39 is 0 Å². The van der Waals surface area contributed by atoms with Gasteiger partial charge in [-0.1, -0.05) is 0 Å². The lowest BCUT2D eigenvalue weighted by atomic mass is 10.3. The van der Waals surface area contributed by atoms with E-state index in [9.17, 15) is 4.79 Å². The number of carbonyl (C=O) groups is 1. The second kappa shape index (κ2) is 4.47. The zero-order chi connectivity index (χ0) is 13.4. The first-order valence-corrected chi connectivity index (χ1v) is 6.62. The van der Waals surface area contributed by atoms with E-state index in [1.807, 2.05) is 30.5 Å². The summed E-state index contributed by atoms with van der Waals surface area (Å²) >= 11 is 1.56. The maximum Gasteiger partial charge on any atom is 0.275 e. The number of aromatic nitrogens is 3. The minimum absolute atomic E-state index is 0.209. The number of fused-ring (bicyclic) bond motifs is 1. The summed E-state index contributed by atoms with van der Waals surface area (Å²) in [7, 11) is 0. The summed E-state index contributed by atoms with van der Waals surface area (Å²) in [5.74, 6) is -0.209. The van der Waals surface area contributed by atoms with Gasteiger partial charge in [0.15, 0.2) is 4.96 Å². The molecular weight excluding hydrogens is 260 g/mol. The summed E-state index contributed by atoms with van der Waals surface area (Å²) in [6, 6.07) is 3.58. The molecule has 0 spiro atoms. The van der Waals surface area contributed by atoms with Crippen molar-refractivity contribution in [1.29, 1.82) is 0 Å². The third-order valence-electron chi connectivity index (χ3n) is 2.66. The SMILES string of the molecule is Cc1cc(NC(=O)c2cn3cc(C)sc3n2)ccn1. The Morgan fingerprint density at radius 1 is 1.37 bits per heavy atom. The average Bonchev–Trinajstić information content (AvgIpc) is 2.86. The molecule has 0 aliphatic rings. The fourth-order valence-electron chi connectivity index (χ4n) is 1.84. The molecule has 0 saturated heterocycles. The number of nitrogens with one attached hydrogen (secondary N) is 1. The van der Waals surface area contributed by atoms with Crippen molar-refractivity contribution in [1.82, 2.24) is 14.4 Å². The van der Waals surface area contributed by atoms with Gasteiger partial charge in [-0.2, -0.15) is 0 Å². The van der Waals surface area contributed by atoms with Crippen LogP contribution in [0.2, 0.25) is 0 Å². The van der Waals surface area contributed by atoms with Crippen LogP contribution in [-0.2, 0) is 0 Å². The predicted molar refractivity (Wildman–Crippen MR) is 74.7 cm³/mol. The fraction of sp³-hybridized carbons (Fsp3) is 0.154. The standard InChI is InChI=1S/C13H12N4OS/c1-8-5-10(3-4-14-8)15-12(18)11-7-17-6-9(2)19-13(17)16-11/h3-7H,1-2H3,(H,14,15,18). The van der Waals surface area contributed by atoms with Crippen LogP contribution in [0.1, 0.15) is 21.1 Å². The lowest BCUT2D eigenvalue weighted by Crippen LogP contribution is -2.12. The highest BCUT2D eigenvalue weighted by molar-refractivity contribution is 7.17. The molecule has 0 atom stereocenters. The van der Waals surface area contributed by atoms with Crippen molar-refractivity contribution in [2.24, 2.45) is 0 Å². The molecule has 5 nitrogen and oxygen atoms in total. The van der Waals surface area contributed by atoms with Crippen molar-refractivity contribution >= 4 is 27.9 Å². The van der Waals surface area contributed by atoms with E-state index in [0.29, 0.717) is 5.69 Å². The lowest BCUT2D eigenvalue weighted by molar-refractivity contribution is 0.102. The van der Waals surface area contributed by atoms with Crippen molar-refractivity contribution in [2.75, 3.05) is 5.32 Å². The highest BCUT2D eigenvalue weighted by Crippen LogP contribution is 2.17. The molecule has 0 aliphatic heterocycles. The van der Waals surface area contributed by atoms with Crippen LogP contribution in [0.4, 0.5) is 5.69 Å². The monoisotopic (exact) mass is 272 g/mol. The molecule has 96 valence electrons. The van der Waals surface area contributed by atoms with Crippen LogP contribution in [0.15, 0.2) is 30.7 Å². The van der Waals surface area contributed by atoms with Crippen molar-refractivity contribution in [3.8, 4) is 0 Å². The molecule has 3 aromatic rings. The van der Waals surface area contributed by atoms with Crippen LogP contribution < -0.4 is 5.32 Å². The molecule has 0 radical (unpaired) electrons. The Kier molecular flexibility index (Phi) is 2.79. The molecular formula is C13H12N4OS. The van der Waals surface area contributed by atoms with Gasteiger partial charge in [-0.05, 0) is 26.0 Å². The van der Waals surface area contributed by atoms with E-state index in [0.717, 1.165) is 16.3 Å². The number of pyridine rings is 1. The van der Waals surface area contributed by atoms with Crippen LogP contribution in [0.3, 0.4) is 0 Å². The molecule has 0 bridgehead atoms. The normalized spacial score (nSPS) is 10.8. The van der Waals surface area contributed by atoms with Crippen molar-refractivity contribution in [3.05, 3.63) is 47.0 Å². The zero-order valence-electron chi connectivity index (χ0n) is 10.5. The van der Waals surface area contributed by atoms with Gasteiger partial charge < -0.3 is 5.32 Å². The quantitative estimate of drug-likeness (QED) is 0.780. The Hall–Kier alpha value is -2.21. The Morgan fingerprint density at radius 2 is 2.21 bits per heavy atom. The number of thiazole rings is 1. The van der Waals surface area contributed by atoms with E-state index in [1.54, 1.807) is 29.8 Å². The van der Waals surface area contributed by atoms with Crippen LogP contribution in [0.25, 0.3) is 4.96 Å². The Morgan fingerprint density at radius 3 is 2.95 bits per heavy atom. The van der Waals surface area contributed by atoms with Crippen LogP contribution in [0, 0.1) is 13.8 Å². The highest BCUT2D eigenvalue weighted by Gasteiger charge is 2.12. The minimum atomic E-state index is -0.209. The molecule has 0 aliphatic carbocycles. The predicted octanol–water partition coefficient (Wildman–Crippen LogP) is 2.66. The molecule has 0 aromatic carbocycles. The zero-order valence-corrected chi connectivity index (χ0v) is 11.4. The number of aryl methyl sites for hydroxylation is 2. The summed E-state index contributed by atoms with van der Waals surface area (Å²) < 4.78 is 1.87. The second-order valence-corrected chi connectivity index (χ2v) is 5.51. The molecule has 3 aromatic heterocycles. The third kappa shape index (κ3) is 2.34. The number of anilines is 1. The summed E-state index contributed by atoms with van der Waals surface area (Å²) in [5, 5.41) is 2.81. The molecule has 0 fully saturated rings. The van der Waals surface area contributed by atoms with Crippen LogP contribution in [-0.4, -0.2) is 20.3 Å². The van der Waals surface area contributed by atoms with Crippen LogP contribution >= 0.6 is 11.3 Å². The number of rotatable bonds is 2. The van der Waals surface area contributed by atoms with E-state index in [1.165, 1.54) is 4.88 Å². The van der Waals surface area contributed by atoms with E-state index in [-0.39, 0.29) is 5.91 Å². The molecule has 1 N–H and O–H groups in total. The number of hydrogen-bond acceptors (Lipinski definition) is 4. The Labute approximate surface area is 113 Å². The van der Waals surface area contributed by atoms with Gasteiger partial charge in [-0.15, -0.1) is 11.3 Å². The lowest BCUT2D eigenvalue weighted by Gasteiger charge is -2.02. The van der Waals surface area contributed by atoms with Gasteiger partial charge >= 0.3 is 0 Å². The summed E-state index contributed by atoms with van der Waals surface area (Å²) in [6.07, 6.45) is 5.36. The Bertz CT molecular complexity index is 727. The molecule has 6 heteroatoms. The van der Waals surface area contributed by atoms with Crippen LogP contribution in [0.5, 0.6) is 0 Å². The number of carbonyl (C=O) groups excluding carboxylic acids is 1. The summed E-state index contributed by atoms with van der Waals surface area (Å²) in [5.41, 5.74) is 2.00. The van der Waals surface area contributed by atoms with Gasteiger partial charge in [0.1, 0.15) is 5.69 Å². The molecule has 3 heterocycles. The van der Waals surface area contributed by atoms with Crippen molar-refractivity contribution < 1.29 is 4.79 Å². The van der Waals surface area contributed by atoms with Gasteiger partial charge in [0.25, 0.3) is 5.91 Å². The smallest absolute Gasteiger partial charge is 0.275 e. The van der Waals surface area contributed by atoms with Gasteiger partial charge in [0.05, 0.1) is 0 Å². The number of nitrogens with zero attached hydrogens (tertiary/aromatic N) is 3. The highest BCUT2D eigenvalue weighted by atomic mass is 32.1. The maximum absolute atomic E-state index is 12.1. The maximum atomic E-state index is 12.1.